The number of hydrogen-bond acceptors (Lipinski definition) is 5. The molecule has 1 unspecified atom stereocenters. The molecule has 1 fully saturated rings. The van der Waals surface area contributed by atoms with Crippen LogP contribution >= 0.6 is 47.1 Å². The predicted octanol–water partition coefficient (Wildman–Crippen LogP) is 2.35. The zero-order valence-electron chi connectivity index (χ0n) is 13.9. The van der Waals surface area contributed by atoms with E-state index in [1.165, 1.54) is 24.7 Å². The van der Waals surface area contributed by atoms with E-state index < -0.39 is 10.0 Å². The first-order chi connectivity index (χ1) is 10.8. The summed E-state index contributed by atoms with van der Waals surface area (Å²) in [5.74, 6) is 1.98. The molecule has 24 heavy (non-hydrogen) atoms. The second-order valence-corrected chi connectivity index (χ2v) is 10.4. The van der Waals surface area contributed by atoms with Gasteiger partial charge in [-0.1, -0.05) is 0 Å². The van der Waals surface area contributed by atoms with Gasteiger partial charge in [0, 0.05) is 22.7 Å². The maximum atomic E-state index is 11.3. The number of thioether (sulfide) groups is 1. The minimum atomic E-state index is -3.62. The summed E-state index contributed by atoms with van der Waals surface area (Å²) in [7, 11) is -3.62. The lowest BCUT2D eigenvalue weighted by Crippen LogP contribution is -2.43. The fourth-order valence-electron chi connectivity index (χ4n) is 2.34. The number of nitrogens with two attached hydrogens (primary N) is 1. The van der Waals surface area contributed by atoms with E-state index in [-0.39, 0.29) is 32.9 Å². The lowest BCUT2D eigenvalue weighted by molar-refractivity contribution is 0.585. The quantitative estimate of drug-likeness (QED) is 0.314. The Labute approximate surface area is 169 Å². The van der Waals surface area contributed by atoms with E-state index in [9.17, 15) is 8.42 Å². The molecule has 0 aromatic carbocycles. The number of halogens is 1. The number of primary sulfonamides is 1. The Kier molecular flexibility index (Phi) is 8.80. The van der Waals surface area contributed by atoms with Crippen LogP contribution in [0.5, 0.6) is 0 Å². The van der Waals surface area contributed by atoms with Crippen LogP contribution in [-0.2, 0) is 16.6 Å². The Morgan fingerprint density at radius 1 is 1.42 bits per heavy atom. The van der Waals surface area contributed by atoms with Crippen LogP contribution in [0, 0.1) is 0 Å². The van der Waals surface area contributed by atoms with Gasteiger partial charge in [0.25, 0.3) is 0 Å². The van der Waals surface area contributed by atoms with Crippen molar-refractivity contribution in [2.75, 3.05) is 18.8 Å². The van der Waals surface area contributed by atoms with Gasteiger partial charge < -0.3 is 10.6 Å². The lowest BCUT2D eigenvalue weighted by atomic mass is 10.1. The van der Waals surface area contributed by atoms with Gasteiger partial charge in [0.2, 0.25) is 10.0 Å². The van der Waals surface area contributed by atoms with E-state index in [4.69, 9.17) is 5.14 Å². The van der Waals surface area contributed by atoms with Gasteiger partial charge in [0.15, 0.2) is 5.96 Å². The van der Waals surface area contributed by atoms with Crippen molar-refractivity contribution in [3.8, 4) is 0 Å². The van der Waals surface area contributed by atoms with E-state index in [2.05, 4.69) is 22.5 Å². The molecule has 1 aromatic rings. The highest BCUT2D eigenvalue weighted by molar-refractivity contribution is 14.0. The smallest absolute Gasteiger partial charge is 0.247 e. The van der Waals surface area contributed by atoms with Gasteiger partial charge in [-0.25, -0.2) is 18.5 Å². The number of thiophene rings is 1. The highest BCUT2D eigenvalue weighted by atomic mass is 127. The average molecular weight is 504 g/mol. The van der Waals surface area contributed by atoms with E-state index in [1.807, 2.05) is 18.7 Å². The average Bonchev–Trinajstić information content (AvgIpc) is 3.11. The van der Waals surface area contributed by atoms with Crippen molar-refractivity contribution < 1.29 is 8.42 Å². The molecule has 0 amide bonds. The van der Waals surface area contributed by atoms with Crippen molar-refractivity contribution in [2.24, 2.45) is 10.1 Å². The number of rotatable bonds is 6. The summed E-state index contributed by atoms with van der Waals surface area (Å²) in [5, 5.41) is 11.7. The molecule has 1 aliphatic heterocycles. The normalized spacial score (nSPS) is 21.4. The summed E-state index contributed by atoms with van der Waals surface area (Å²) < 4.78 is 23.0. The minimum absolute atomic E-state index is 0. The van der Waals surface area contributed by atoms with Gasteiger partial charge in [0.1, 0.15) is 4.21 Å². The highest BCUT2D eigenvalue weighted by Crippen LogP contribution is 2.36. The van der Waals surface area contributed by atoms with Crippen LogP contribution in [0.15, 0.2) is 21.3 Å². The number of aliphatic imine (C=N–C) groups is 1. The molecule has 0 saturated carbocycles. The molecule has 0 spiro atoms. The molecule has 0 radical (unpaired) electrons. The molecule has 4 N–H and O–H groups in total. The van der Waals surface area contributed by atoms with Gasteiger partial charge in [-0.2, -0.15) is 11.8 Å². The summed E-state index contributed by atoms with van der Waals surface area (Å²) in [6.45, 7) is 6.38. The largest absolute Gasteiger partial charge is 0.357 e. The third-order valence-electron chi connectivity index (χ3n) is 3.58. The molecule has 1 saturated heterocycles. The minimum Gasteiger partial charge on any atom is -0.357 e. The number of sulfonamides is 1. The molecular formula is C14H25IN4O2S3. The molecule has 0 bridgehead atoms. The van der Waals surface area contributed by atoms with E-state index in [0.717, 1.165) is 35.3 Å². The summed E-state index contributed by atoms with van der Waals surface area (Å²) >= 11 is 3.16. The lowest BCUT2D eigenvalue weighted by Gasteiger charge is -2.24. The number of hydrogen-bond donors (Lipinski definition) is 3. The van der Waals surface area contributed by atoms with Gasteiger partial charge in [-0.05, 0) is 44.6 Å². The van der Waals surface area contributed by atoms with E-state index in [1.54, 1.807) is 6.07 Å². The molecule has 10 heteroatoms. The fraction of sp³-hybridized carbons (Fsp3) is 0.643. The standard InChI is InChI=1S/C14H24N4O2S3.HI/c1-3-16-13(18-10-14(2)7-4-8-21-14)17-9-11-5-6-12(22-11)23(15,19)20;/h5-6H,3-4,7-10H2,1-2H3,(H2,15,19,20)(H2,16,17,18);1H. The zero-order chi connectivity index (χ0) is 16.9. The molecule has 2 heterocycles. The van der Waals surface area contributed by atoms with Gasteiger partial charge >= 0.3 is 0 Å². The number of nitrogens with zero attached hydrogens (tertiary/aromatic N) is 1. The Hall–Kier alpha value is -0.0400. The Morgan fingerprint density at radius 3 is 2.71 bits per heavy atom. The number of nitrogens with one attached hydrogen (secondary N) is 2. The summed E-state index contributed by atoms with van der Waals surface area (Å²) in [5.41, 5.74) is 0. The topological polar surface area (TPSA) is 96.6 Å². The molecule has 2 rings (SSSR count). The molecule has 1 aromatic heterocycles. The highest BCUT2D eigenvalue weighted by Gasteiger charge is 2.29. The predicted molar refractivity (Wildman–Crippen MR) is 114 cm³/mol. The first-order valence-electron chi connectivity index (χ1n) is 7.60. The first-order valence-corrected chi connectivity index (χ1v) is 10.9. The van der Waals surface area contributed by atoms with Crippen molar-refractivity contribution >= 4 is 63.1 Å². The summed E-state index contributed by atoms with van der Waals surface area (Å²) in [4.78, 5) is 5.40. The molecule has 0 aliphatic carbocycles. The Morgan fingerprint density at radius 2 is 2.17 bits per heavy atom. The zero-order valence-corrected chi connectivity index (χ0v) is 18.7. The van der Waals surface area contributed by atoms with Crippen molar-refractivity contribution in [3.63, 3.8) is 0 Å². The van der Waals surface area contributed by atoms with E-state index >= 15 is 0 Å². The van der Waals surface area contributed by atoms with Crippen LogP contribution in [0.2, 0.25) is 0 Å². The Bertz CT molecular complexity index is 655. The second kappa shape index (κ2) is 9.60. The molecule has 6 nitrogen and oxygen atoms in total. The van der Waals surface area contributed by atoms with Crippen molar-refractivity contribution in [1.82, 2.24) is 10.6 Å². The fourth-order valence-corrected chi connectivity index (χ4v) is 5.29. The van der Waals surface area contributed by atoms with Crippen LogP contribution in [0.1, 0.15) is 31.6 Å². The maximum absolute atomic E-state index is 11.3. The van der Waals surface area contributed by atoms with Gasteiger partial charge in [-0.15, -0.1) is 35.3 Å². The SMILES string of the molecule is CCNC(=NCc1ccc(S(N)(=O)=O)s1)NCC1(C)CCCS1.I. The maximum Gasteiger partial charge on any atom is 0.247 e. The molecule has 1 atom stereocenters. The van der Waals surface area contributed by atoms with Crippen LogP contribution in [0.4, 0.5) is 0 Å². The second-order valence-electron chi connectivity index (χ2n) is 5.72. The monoisotopic (exact) mass is 504 g/mol. The van der Waals surface area contributed by atoms with E-state index in [0.29, 0.717) is 6.54 Å². The first kappa shape index (κ1) is 22.0. The van der Waals surface area contributed by atoms with Crippen LogP contribution in [0.3, 0.4) is 0 Å². The Balaban J connectivity index is 0.00000288. The molecular weight excluding hydrogens is 479 g/mol. The van der Waals surface area contributed by atoms with Crippen LogP contribution in [-0.4, -0.2) is 38.0 Å². The van der Waals surface area contributed by atoms with Crippen molar-refractivity contribution in [1.29, 1.82) is 0 Å². The van der Waals surface area contributed by atoms with Gasteiger partial charge in [-0.3, -0.25) is 0 Å². The van der Waals surface area contributed by atoms with Crippen LogP contribution < -0.4 is 15.8 Å². The summed E-state index contributed by atoms with van der Waals surface area (Å²) in [6, 6.07) is 3.28. The van der Waals surface area contributed by atoms with Crippen molar-refractivity contribution in [3.05, 3.63) is 17.0 Å². The number of guanidine groups is 1. The van der Waals surface area contributed by atoms with Gasteiger partial charge in [0.05, 0.1) is 6.54 Å². The summed E-state index contributed by atoms with van der Waals surface area (Å²) in [6.07, 6.45) is 2.48. The third kappa shape index (κ3) is 6.70. The van der Waals surface area contributed by atoms with Crippen molar-refractivity contribution in [2.45, 2.75) is 42.2 Å². The van der Waals surface area contributed by atoms with Crippen LogP contribution in [0.25, 0.3) is 0 Å². The third-order valence-corrected chi connectivity index (χ3v) is 7.63. The molecule has 138 valence electrons. The molecule has 1 aliphatic rings.